The first-order valence-corrected chi connectivity index (χ1v) is 7.16. The van der Waals surface area contributed by atoms with Gasteiger partial charge in [-0.2, -0.15) is 0 Å². The first-order chi connectivity index (χ1) is 7.30. The minimum atomic E-state index is -3.10. The van der Waals surface area contributed by atoms with Gasteiger partial charge in [-0.25, -0.2) is 12.7 Å². The van der Waals surface area contributed by atoms with Crippen LogP contribution in [0.2, 0.25) is 0 Å². The maximum Gasteiger partial charge on any atom is 0.236 e. The molecular formula is C9H19N3O3S. The minimum Gasteiger partial charge on any atom is -0.352 e. The number of hydrogen-bond donors (Lipinski definition) is 2. The summed E-state index contributed by atoms with van der Waals surface area (Å²) in [4.78, 5) is 11.3. The summed E-state index contributed by atoms with van der Waals surface area (Å²) in [6.07, 6.45) is 2.49. The number of carbonyl (C=O) groups is 1. The largest absolute Gasteiger partial charge is 0.352 e. The summed E-state index contributed by atoms with van der Waals surface area (Å²) in [6.45, 7) is 2.55. The molecule has 0 spiro atoms. The second kappa shape index (κ2) is 5.11. The number of nitrogens with zero attached hydrogens (tertiary/aromatic N) is 1. The van der Waals surface area contributed by atoms with E-state index >= 15 is 0 Å². The van der Waals surface area contributed by atoms with E-state index in [4.69, 9.17) is 5.73 Å². The van der Waals surface area contributed by atoms with E-state index in [0.717, 1.165) is 0 Å². The topological polar surface area (TPSA) is 92.5 Å². The Morgan fingerprint density at radius 1 is 1.44 bits per heavy atom. The molecule has 0 aromatic carbocycles. The van der Waals surface area contributed by atoms with Gasteiger partial charge >= 0.3 is 0 Å². The fraction of sp³-hybridized carbons (Fsp3) is 0.889. The van der Waals surface area contributed by atoms with Crippen LogP contribution in [0.15, 0.2) is 0 Å². The van der Waals surface area contributed by atoms with Crippen LogP contribution in [0.25, 0.3) is 0 Å². The Morgan fingerprint density at radius 3 is 2.31 bits per heavy atom. The van der Waals surface area contributed by atoms with Crippen molar-refractivity contribution in [3.05, 3.63) is 0 Å². The van der Waals surface area contributed by atoms with Gasteiger partial charge in [0.05, 0.1) is 12.3 Å². The Morgan fingerprint density at radius 2 is 1.94 bits per heavy atom. The lowest BCUT2D eigenvalue weighted by Gasteiger charge is -2.30. The number of piperidine rings is 1. The SMILES string of the molecule is C[C@@H](N)C(=O)NC1CCN(S(C)(=O)=O)CC1. The Bertz CT molecular complexity index is 345. The molecule has 1 rings (SSSR count). The number of carbonyl (C=O) groups excluding carboxylic acids is 1. The molecule has 1 atom stereocenters. The summed E-state index contributed by atoms with van der Waals surface area (Å²) in [7, 11) is -3.10. The van der Waals surface area contributed by atoms with E-state index in [1.165, 1.54) is 10.6 Å². The van der Waals surface area contributed by atoms with Crippen molar-refractivity contribution in [3.8, 4) is 0 Å². The normalized spacial score (nSPS) is 21.7. The Kier molecular flexibility index (Phi) is 4.28. The number of rotatable bonds is 3. The zero-order valence-corrected chi connectivity index (χ0v) is 10.5. The van der Waals surface area contributed by atoms with Gasteiger partial charge in [0.15, 0.2) is 0 Å². The van der Waals surface area contributed by atoms with Gasteiger partial charge in [0, 0.05) is 19.1 Å². The molecule has 0 bridgehead atoms. The number of sulfonamides is 1. The van der Waals surface area contributed by atoms with E-state index < -0.39 is 16.1 Å². The van der Waals surface area contributed by atoms with E-state index in [0.29, 0.717) is 25.9 Å². The molecule has 0 radical (unpaired) electrons. The minimum absolute atomic E-state index is 0.0384. The van der Waals surface area contributed by atoms with Crippen molar-refractivity contribution >= 4 is 15.9 Å². The van der Waals surface area contributed by atoms with Crippen LogP contribution in [0.5, 0.6) is 0 Å². The lowest BCUT2D eigenvalue weighted by molar-refractivity contribution is -0.122. The van der Waals surface area contributed by atoms with Crippen molar-refractivity contribution < 1.29 is 13.2 Å². The van der Waals surface area contributed by atoms with Crippen molar-refractivity contribution in [2.45, 2.75) is 31.8 Å². The highest BCUT2D eigenvalue weighted by Crippen LogP contribution is 2.13. The molecule has 7 heteroatoms. The van der Waals surface area contributed by atoms with Crippen LogP contribution in [0.3, 0.4) is 0 Å². The zero-order valence-electron chi connectivity index (χ0n) is 9.64. The second-order valence-corrected chi connectivity index (χ2v) is 6.22. The molecule has 3 N–H and O–H groups in total. The zero-order chi connectivity index (χ0) is 12.3. The molecule has 6 nitrogen and oxygen atoms in total. The van der Waals surface area contributed by atoms with E-state index in [9.17, 15) is 13.2 Å². The average molecular weight is 249 g/mol. The maximum absolute atomic E-state index is 11.3. The van der Waals surface area contributed by atoms with Gasteiger partial charge < -0.3 is 11.1 Å². The van der Waals surface area contributed by atoms with Gasteiger partial charge in [-0.05, 0) is 19.8 Å². The summed E-state index contributed by atoms with van der Waals surface area (Å²) in [6, 6.07) is -0.482. The van der Waals surface area contributed by atoms with Gasteiger partial charge in [0.25, 0.3) is 0 Å². The van der Waals surface area contributed by atoms with Gasteiger partial charge in [0.1, 0.15) is 0 Å². The van der Waals surface area contributed by atoms with E-state index in [1.807, 2.05) is 0 Å². The third kappa shape index (κ3) is 3.73. The fourth-order valence-electron chi connectivity index (χ4n) is 1.66. The number of amides is 1. The smallest absolute Gasteiger partial charge is 0.236 e. The highest BCUT2D eigenvalue weighted by molar-refractivity contribution is 7.88. The Hall–Kier alpha value is -0.660. The molecule has 1 aliphatic heterocycles. The molecule has 1 saturated heterocycles. The molecule has 0 aromatic rings. The highest BCUT2D eigenvalue weighted by Gasteiger charge is 2.26. The van der Waals surface area contributed by atoms with Crippen LogP contribution in [-0.4, -0.2) is 50.1 Å². The quantitative estimate of drug-likeness (QED) is 0.662. The fourth-order valence-corrected chi connectivity index (χ4v) is 2.54. The number of hydrogen-bond acceptors (Lipinski definition) is 4. The summed E-state index contributed by atoms with van der Waals surface area (Å²) in [5, 5.41) is 2.80. The van der Waals surface area contributed by atoms with Crippen molar-refractivity contribution in [1.29, 1.82) is 0 Å². The van der Waals surface area contributed by atoms with Gasteiger partial charge in [-0.15, -0.1) is 0 Å². The first-order valence-electron chi connectivity index (χ1n) is 5.32. The molecule has 16 heavy (non-hydrogen) atoms. The van der Waals surface area contributed by atoms with Crippen LogP contribution in [0.1, 0.15) is 19.8 Å². The summed E-state index contributed by atoms with van der Waals surface area (Å²) < 4.78 is 23.9. The van der Waals surface area contributed by atoms with Crippen molar-refractivity contribution in [1.82, 2.24) is 9.62 Å². The molecule has 1 aliphatic rings. The molecule has 0 saturated carbocycles. The van der Waals surface area contributed by atoms with Crippen molar-refractivity contribution in [2.75, 3.05) is 19.3 Å². The summed E-state index contributed by atoms with van der Waals surface area (Å²) in [5.74, 6) is -0.183. The predicted molar refractivity (Wildman–Crippen MR) is 61.2 cm³/mol. The third-order valence-corrected chi connectivity index (χ3v) is 3.99. The maximum atomic E-state index is 11.3. The van der Waals surface area contributed by atoms with Gasteiger partial charge in [-0.3, -0.25) is 4.79 Å². The molecule has 1 amide bonds. The van der Waals surface area contributed by atoms with Crippen LogP contribution in [-0.2, 0) is 14.8 Å². The predicted octanol–water partition coefficient (Wildman–Crippen LogP) is -1.13. The van der Waals surface area contributed by atoms with E-state index in [1.54, 1.807) is 6.92 Å². The van der Waals surface area contributed by atoms with Gasteiger partial charge in [0.2, 0.25) is 15.9 Å². The summed E-state index contributed by atoms with van der Waals surface area (Å²) in [5.41, 5.74) is 5.43. The molecule has 0 aliphatic carbocycles. The number of nitrogens with two attached hydrogens (primary N) is 1. The van der Waals surface area contributed by atoms with E-state index in [-0.39, 0.29) is 11.9 Å². The van der Waals surface area contributed by atoms with Crippen LogP contribution < -0.4 is 11.1 Å². The molecule has 1 heterocycles. The van der Waals surface area contributed by atoms with Crippen molar-refractivity contribution in [2.24, 2.45) is 5.73 Å². The second-order valence-electron chi connectivity index (χ2n) is 4.23. The Labute approximate surface area is 96.2 Å². The molecule has 1 fully saturated rings. The summed E-state index contributed by atoms with van der Waals surface area (Å²) >= 11 is 0. The lowest BCUT2D eigenvalue weighted by Crippen LogP contribution is -2.49. The van der Waals surface area contributed by atoms with Crippen LogP contribution in [0.4, 0.5) is 0 Å². The Balaban J connectivity index is 2.41. The molecule has 94 valence electrons. The highest BCUT2D eigenvalue weighted by atomic mass is 32.2. The molecular weight excluding hydrogens is 230 g/mol. The standard InChI is InChI=1S/C9H19N3O3S/c1-7(10)9(13)11-8-3-5-12(6-4-8)16(2,14)15/h7-8H,3-6,10H2,1-2H3,(H,11,13)/t7-/m1/s1. The van der Waals surface area contributed by atoms with Gasteiger partial charge in [-0.1, -0.05) is 0 Å². The average Bonchev–Trinajstić information content (AvgIpc) is 2.17. The third-order valence-electron chi connectivity index (χ3n) is 2.68. The van der Waals surface area contributed by atoms with Crippen LogP contribution in [0, 0.1) is 0 Å². The number of nitrogens with one attached hydrogen (secondary N) is 1. The molecule has 0 aromatic heterocycles. The molecule has 0 unspecified atom stereocenters. The lowest BCUT2D eigenvalue weighted by atomic mass is 10.1. The first kappa shape index (κ1) is 13.4. The van der Waals surface area contributed by atoms with Crippen molar-refractivity contribution in [3.63, 3.8) is 0 Å². The van der Waals surface area contributed by atoms with Crippen LogP contribution >= 0.6 is 0 Å². The monoisotopic (exact) mass is 249 g/mol. The van der Waals surface area contributed by atoms with E-state index in [2.05, 4.69) is 5.32 Å².